The highest BCUT2D eigenvalue weighted by Gasteiger charge is 2.66. The molecule has 2 N–H and O–H groups in total. The van der Waals surface area contributed by atoms with E-state index in [0.29, 0.717) is 13.1 Å². The minimum Gasteiger partial charge on any atom is -0.481 e. The molecule has 2 aromatic rings. The summed E-state index contributed by atoms with van der Waals surface area (Å²) < 4.78 is 5.91. The average molecular weight is 338 g/mol. The Labute approximate surface area is 144 Å². The fourth-order valence-electron chi connectivity index (χ4n) is 4.64. The Kier molecular flexibility index (Phi) is 2.92. The zero-order chi connectivity index (χ0) is 17.2. The Morgan fingerprint density at radius 2 is 2.24 bits per heavy atom. The van der Waals surface area contributed by atoms with Crippen molar-refractivity contribution in [3.05, 3.63) is 48.2 Å². The number of carboxylic acids is 1. The third kappa shape index (κ3) is 1.94. The van der Waals surface area contributed by atoms with Crippen LogP contribution in [0.1, 0.15) is 5.56 Å². The Bertz CT molecular complexity index is 917. The number of amides is 1. The van der Waals surface area contributed by atoms with Gasteiger partial charge in [-0.05, 0) is 18.1 Å². The first-order valence-corrected chi connectivity index (χ1v) is 8.53. The third-order valence-electron chi connectivity index (χ3n) is 5.79. The lowest BCUT2D eigenvalue weighted by Crippen LogP contribution is -2.39. The number of ether oxygens (including phenoxy) is 1. The number of carbonyl (C=O) groups excluding carboxylic acids is 1. The van der Waals surface area contributed by atoms with Crippen LogP contribution < -0.4 is 0 Å². The van der Waals surface area contributed by atoms with Crippen molar-refractivity contribution in [2.24, 2.45) is 11.8 Å². The summed E-state index contributed by atoms with van der Waals surface area (Å²) in [6, 6.07) is 8.07. The number of H-pyrrole nitrogens is 1. The topological polar surface area (TPSA) is 82.6 Å². The fraction of sp³-hybridized carbons (Fsp3) is 0.368. The molecule has 4 atom stereocenters. The van der Waals surface area contributed by atoms with Gasteiger partial charge in [-0.2, -0.15) is 0 Å². The summed E-state index contributed by atoms with van der Waals surface area (Å²) >= 11 is 0. The smallest absolute Gasteiger partial charge is 0.310 e. The van der Waals surface area contributed by atoms with Crippen LogP contribution in [-0.2, 0) is 20.7 Å². The maximum absolute atomic E-state index is 12.9. The summed E-state index contributed by atoms with van der Waals surface area (Å²) in [6.45, 7) is 1.00. The van der Waals surface area contributed by atoms with Gasteiger partial charge >= 0.3 is 5.97 Å². The van der Waals surface area contributed by atoms with Gasteiger partial charge in [-0.25, -0.2) is 0 Å². The van der Waals surface area contributed by atoms with E-state index in [4.69, 9.17) is 4.74 Å². The van der Waals surface area contributed by atoms with Gasteiger partial charge in [0, 0.05) is 23.6 Å². The lowest BCUT2D eigenvalue weighted by Gasteiger charge is -2.21. The summed E-state index contributed by atoms with van der Waals surface area (Å²) in [7, 11) is 0. The Morgan fingerprint density at radius 3 is 3.08 bits per heavy atom. The van der Waals surface area contributed by atoms with Gasteiger partial charge in [0.1, 0.15) is 11.5 Å². The molecule has 2 saturated heterocycles. The number of hydrogen-bond acceptors (Lipinski definition) is 3. The van der Waals surface area contributed by atoms with Crippen molar-refractivity contribution in [3.8, 4) is 0 Å². The van der Waals surface area contributed by atoms with Crippen LogP contribution in [0.2, 0.25) is 0 Å². The molecule has 6 nitrogen and oxygen atoms in total. The van der Waals surface area contributed by atoms with Crippen LogP contribution in [0.5, 0.6) is 0 Å². The van der Waals surface area contributed by atoms with Crippen LogP contribution >= 0.6 is 0 Å². The number of nitrogens with zero attached hydrogens (tertiary/aromatic N) is 1. The highest BCUT2D eigenvalue weighted by molar-refractivity contribution is 5.91. The summed E-state index contributed by atoms with van der Waals surface area (Å²) in [6.07, 6.45) is 5.93. The van der Waals surface area contributed by atoms with Gasteiger partial charge in [0.05, 0.1) is 18.6 Å². The van der Waals surface area contributed by atoms with Crippen molar-refractivity contribution >= 4 is 22.8 Å². The van der Waals surface area contributed by atoms with E-state index in [1.807, 2.05) is 30.5 Å². The van der Waals surface area contributed by atoms with E-state index in [1.165, 1.54) is 0 Å². The molecule has 4 heterocycles. The van der Waals surface area contributed by atoms with Crippen molar-refractivity contribution in [1.82, 2.24) is 9.88 Å². The van der Waals surface area contributed by atoms with Crippen molar-refractivity contribution in [2.45, 2.75) is 18.1 Å². The number of nitrogens with one attached hydrogen (secondary N) is 1. The minimum absolute atomic E-state index is 0.0981. The van der Waals surface area contributed by atoms with E-state index in [0.717, 1.165) is 22.9 Å². The summed E-state index contributed by atoms with van der Waals surface area (Å²) in [5.74, 6) is -2.41. The number of carbonyl (C=O) groups is 2. The molecule has 6 heteroatoms. The standard InChI is InChI=1S/C19H18N2O4/c22-17-16-15(18(23)24)14-5-7-19(16,25-14)10-21(17)8-6-11-9-20-13-4-2-1-3-12(11)13/h1-5,7,9,14-16,20H,6,8,10H2,(H,23,24)/t14-,15+,16-,19+/m1/s1. The molecular weight excluding hydrogens is 320 g/mol. The number of likely N-dealkylation sites (tertiary alicyclic amines) is 1. The van der Waals surface area contributed by atoms with E-state index < -0.39 is 29.5 Å². The Hall–Kier alpha value is -2.60. The molecule has 25 heavy (non-hydrogen) atoms. The van der Waals surface area contributed by atoms with E-state index in [2.05, 4.69) is 11.1 Å². The molecule has 1 aromatic carbocycles. The zero-order valence-corrected chi connectivity index (χ0v) is 13.5. The Balaban J connectivity index is 1.37. The SMILES string of the molecule is O=C(O)[C@H]1[C@H]2C=C[C@@]3(CN(CCc4c[nH]c5ccccc45)C(=O)[C@@H]13)O2. The van der Waals surface area contributed by atoms with Gasteiger partial charge in [0.2, 0.25) is 5.91 Å². The first-order chi connectivity index (χ1) is 12.1. The molecule has 1 aromatic heterocycles. The summed E-state index contributed by atoms with van der Waals surface area (Å²) in [5, 5.41) is 10.7. The second kappa shape index (κ2) is 4.95. The van der Waals surface area contributed by atoms with E-state index >= 15 is 0 Å². The van der Waals surface area contributed by atoms with Gasteiger partial charge < -0.3 is 19.7 Å². The van der Waals surface area contributed by atoms with Crippen LogP contribution in [0.3, 0.4) is 0 Å². The van der Waals surface area contributed by atoms with Crippen LogP contribution in [0, 0.1) is 11.8 Å². The zero-order valence-electron chi connectivity index (χ0n) is 13.5. The normalized spacial score (nSPS) is 32.7. The van der Waals surface area contributed by atoms with Crippen molar-refractivity contribution in [1.29, 1.82) is 0 Å². The highest BCUT2D eigenvalue weighted by atomic mass is 16.5. The number of carboxylic acid groups (broad SMARTS) is 1. The van der Waals surface area contributed by atoms with Gasteiger partial charge in [-0.3, -0.25) is 9.59 Å². The molecule has 0 aliphatic carbocycles. The molecule has 0 radical (unpaired) electrons. The molecule has 5 rings (SSSR count). The van der Waals surface area contributed by atoms with Crippen molar-refractivity contribution < 1.29 is 19.4 Å². The number of aromatic amines is 1. The molecule has 3 aliphatic heterocycles. The van der Waals surface area contributed by atoms with Crippen molar-refractivity contribution in [2.75, 3.05) is 13.1 Å². The molecule has 1 amide bonds. The van der Waals surface area contributed by atoms with Crippen LogP contribution in [0.25, 0.3) is 10.9 Å². The summed E-state index contributed by atoms with van der Waals surface area (Å²) in [5.41, 5.74) is 1.50. The van der Waals surface area contributed by atoms with Gasteiger partial charge in [-0.15, -0.1) is 0 Å². The molecule has 128 valence electrons. The lowest BCUT2D eigenvalue weighted by atomic mass is 9.77. The number of benzene rings is 1. The second-order valence-electron chi connectivity index (χ2n) is 7.11. The molecule has 1 spiro atoms. The molecule has 2 bridgehead atoms. The first kappa shape index (κ1) is 14.7. The lowest BCUT2D eigenvalue weighted by molar-refractivity contribution is -0.148. The van der Waals surface area contributed by atoms with Gasteiger partial charge in [0.15, 0.2) is 0 Å². The Morgan fingerprint density at radius 1 is 1.40 bits per heavy atom. The quantitative estimate of drug-likeness (QED) is 0.829. The van der Waals surface area contributed by atoms with Gasteiger partial charge in [-0.1, -0.05) is 30.4 Å². The monoisotopic (exact) mass is 338 g/mol. The average Bonchev–Trinajstić information content (AvgIpc) is 3.33. The first-order valence-electron chi connectivity index (χ1n) is 8.53. The maximum atomic E-state index is 12.9. The number of fused-ring (bicyclic) bond motifs is 2. The number of rotatable bonds is 4. The predicted molar refractivity (Wildman–Crippen MR) is 89.9 cm³/mol. The minimum atomic E-state index is -0.951. The summed E-state index contributed by atoms with van der Waals surface area (Å²) in [4.78, 5) is 29.4. The predicted octanol–water partition coefficient (Wildman–Crippen LogP) is 1.58. The molecule has 2 fully saturated rings. The second-order valence-corrected chi connectivity index (χ2v) is 7.11. The van der Waals surface area contributed by atoms with Crippen LogP contribution in [0.15, 0.2) is 42.6 Å². The van der Waals surface area contributed by atoms with E-state index in [-0.39, 0.29) is 5.91 Å². The number of aromatic nitrogens is 1. The van der Waals surface area contributed by atoms with Crippen LogP contribution in [0.4, 0.5) is 0 Å². The van der Waals surface area contributed by atoms with Crippen LogP contribution in [-0.4, -0.2) is 51.7 Å². The van der Waals surface area contributed by atoms with Crippen molar-refractivity contribution in [3.63, 3.8) is 0 Å². The fourth-order valence-corrected chi connectivity index (χ4v) is 4.64. The highest BCUT2D eigenvalue weighted by Crippen LogP contribution is 2.51. The number of aliphatic carboxylic acids is 1. The number of para-hydroxylation sites is 1. The number of hydrogen-bond donors (Lipinski definition) is 2. The van der Waals surface area contributed by atoms with E-state index in [1.54, 1.807) is 11.0 Å². The maximum Gasteiger partial charge on any atom is 0.310 e. The third-order valence-corrected chi connectivity index (χ3v) is 5.79. The largest absolute Gasteiger partial charge is 0.481 e. The van der Waals surface area contributed by atoms with E-state index in [9.17, 15) is 14.7 Å². The molecule has 3 aliphatic rings. The van der Waals surface area contributed by atoms with Gasteiger partial charge in [0.25, 0.3) is 0 Å². The molecular formula is C19H18N2O4. The molecule has 0 unspecified atom stereocenters. The molecule has 0 saturated carbocycles.